The van der Waals surface area contributed by atoms with Crippen LogP contribution in [0.15, 0.2) is 12.1 Å². The summed E-state index contributed by atoms with van der Waals surface area (Å²) in [5, 5.41) is -0.514. The molecule has 12 heavy (non-hydrogen) atoms. The van der Waals surface area contributed by atoms with Gasteiger partial charge < -0.3 is 0 Å². The molecule has 0 aliphatic rings. The topological polar surface area (TPSA) is 17.1 Å². The van der Waals surface area contributed by atoms with Crippen LogP contribution in [-0.4, -0.2) is 5.24 Å². The maximum atomic E-state index is 12.7. The number of halogens is 4. The molecule has 0 unspecified atom stereocenters. The molecule has 64 valence electrons. The SMILES string of the molecule is O=C(Cl)c1cc(F)cc(Cl)c1I. The molecule has 0 spiro atoms. The first-order valence-electron chi connectivity index (χ1n) is 2.86. The maximum absolute atomic E-state index is 12.7. The first kappa shape index (κ1) is 10.2. The van der Waals surface area contributed by atoms with E-state index in [4.69, 9.17) is 23.2 Å². The Morgan fingerprint density at radius 1 is 1.50 bits per heavy atom. The van der Waals surface area contributed by atoms with Crippen LogP contribution in [0.5, 0.6) is 0 Å². The predicted molar refractivity (Wildman–Crippen MR) is 54.3 cm³/mol. The molecule has 0 aromatic heterocycles. The van der Waals surface area contributed by atoms with E-state index in [0.29, 0.717) is 3.57 Å². The fraction of sp³-hybridized carbons (Fsp3) is 0. The second-order valence-electron chi connectivity index (χ2n) is 2.02. The molecule has 0 radical (unpaired) electrons. The smallest absolute Gasteiger partial charge is 0.253 e. The number of carbonyl (C=O) groups is 1. The van der Waals surface area contributed by atoms with E-state index >= 15 is 0 Å². The molecule has 0 saturated carbocycles. The minimum atomic E-state index is -0.708. The minimum absolute atomic E-state index is 0.0993. The lowest BCUT2D eigenvalue weighted by molar-refractivity contribution is 0.108. The zero-order valence-corrected chi connectivity index (χ0v) is 9.24. The summed E-state index contributed by atoms with van der Waals surface area (Å²) >= 11 is 12.6. The summed E-state index contributed by atoms with van der Waals surface area (Å²) in [5.74, 6) is -0.565. The second-order valence-corrected chi connectivity index (χ2v) is 3.85. The first-order chi connectivity index (χ1) is 5.52. The highest BCUT2D eigenvalue weighted by atomic mass is 127. The molecule has 0 aliphatic carbocycles. The van der Waals surface area contributed by atoms with Crippen molar-refractivity contribution in [2.75, 3.05) is 0 Å². The Morgan fingerprint density at radius 2 is 2.08 bits per heavy atom. The van der Waals surface area contributed by atoms with Gasteiger partial charge in [-0.05, 0) is 46.3 Å². The molecular weight excluding hydrogens is 317 g/mol. The van der Waals surface area contributed by atoms with Gasteiger partial charge in [0.1, 0.15) is 5.82 Å². The Hall–Kier alpha value is 0.130. The van der Waals surface area contributed by atoms with E-state index < -0.39 is 11.1 Å². The molecule has 0 atom stereocenters. The molecule has 1 nitrogen and oxygen atoms in total. The van der Waals surface area contributed by atoms with Crippen molar-refractivity contribution in [3.8, 4) is 0 Å². The van der Waals surface area contributed by atoms with Crippen LogP contribution < -0.4 is 0 Å². The molecule has 1 aromatic rings. The van der Waals surface area contributed by atoms with Gasteiger partial charge in [0.15, 0.2) is 0 Å². The summed E-state index contributed by atoms with van der Waals surface area (Å²) in [5.41, 5.74) is 0.0993. The molecule has 1 aromatic carbocycles. The number of carbonyl (C=O) groups excluding carboxylic acids is 1. The summed E-state index contributed by atoms with van der Waals surface area (Å²) in [4.78, 5) is 10.7. The Kier molecular flexibility index (Phi) is 3.31. The highest BCUT2D eigenvalue weighted by Gasteiger charge is 2.11. The lowest BCUT2D eigenvalue weighted by Crippen LogP contribution is -1.95. The molecule has 0 bridgehead atoms. The van der Waals surface area contributed by atoms with Gasteiger partial charge >= 0.3 is 0 Å². The van der Waals surface area contributed by atoms with Gasteiger partial charge in [0.2, 0.25) is 0 Å². The van der Waals surface area contributed by atoms with Crippen molar-refractivity contribution < 1.29 is 9.18 Å². The summed E-state index contributed by atoms with van der Waals surface area (Å²) in [6.07, 6.45) is 0. The lowest BCUT2D eigenvalue weighted by Gasteiger charge is -2.00. The van der Waals surface area contributed by atoms with Gasteiger partial charge in [0.05, 0.1) is 10.6 Å². The third kappa shape index (κ3) is 2.08. The van der Waals surface area contributed by atoms with E-state index in [1.54, 1.807) is 0 Å². The van der Waals surface area contributed by atoms with E-state index in [-0.39, 0.29) is 10.6 Å². The van der Waals surface area contributed by atoms with Crippen LogP contribution in [0.3, 0.4) is 0 Å². The van der Waals surface area contributed by atoms with Gasteiger partial charge in [-0.1, -0.05) is 11.6 Å². The van der Waals surface area contributed by atoms with Gasteiger partial charge in [-0.2, -0.15) is 0 Å². The van der Waals surface area contributed by atoms with Crippen molar-refractivity contribution in [3.63, 3.8) is 0 Å². The van der Waals surface area contributed by atoms with Crippen molar-refractivity contribution in [2.24, 2.45) is 0 Å². The monoisotopic (exact) mass is 318 g/mol. The highest BCUT2D eigenvalue weighted by Crippen LogP contribution is 2.24. The number of hydrogen-bond acceptors (Lipinski definition) is 1. The molecule has 0 N–H and O–H groups in total. The van der Waals surface area contributed by atoms with Crippen LogP contribution >= 0.6 is 45.8 Å². The summed E-state index contributed by atoms with van der Waals surface area (Å²) < 4.78 is 13.1. The third-order valence-corrected chi connectivity index (χ3v) is 3.19. The first-order valence-corrected chi connectivity index (χ1v) is 4.70. The molecule has 0 fully saturated rings. The molecule has 0 heterocycles. The van der Waals surface area contributed by atoms with E-state index in [9.17, 15) is 9.18 Å². The molecule has 0 saturated heterocycles. The van der Waals surface area contributed by atoms with E-state index in [1.165, 1.54) is 0 Å². The zero-order chi connectivity index (χ0) is 9.30. The lowest BCUT2D eigenvalue weighted by atomic mass is 10.2. The summed E-state index contributed by atoms with van der Waals surface area (Å²) in [6, 6.07) is 2.19. The predicted octanol–water partition coefficient (Wildman–Crippen LogP) is 3.46. The minimum Gasteiger partial charge on any atom is -0.276 e. The van der Waals surface area contributed by atoms with E-state index in [2.05, 4.69) is 0 Å². The number of hydrogen-bond donors (Lipinski definition) is 0. The van der Waals surface area contributed by atoms with Gasteiger partial charge in [-0.15, -0.1) is 0 Å². The van der Waals surface area contributed by atoms with Gasteiger partial charge in [-0.25, -0.2) is 4.39 Å². The fourth-order valence-corrected chi connectivity index (χ4v) is 1.77. The van der Waals surface area contributed by atoms with Crippen molar-refractivity contribution in [1.29, 1.82) is 0 Å². The van der Waals surface area contributed by atoms with Crippen LogP contribution in [0.25, 0.3) is 0 Å². The van der Waals surface area contributed by atoms with Gasteiger partial charge in [-0.3, -0.25) is 4.79 Å². The van der Waals surface area contributed by atoms with Gasteiger partial charge in [0, 0.05) is 3.57 Å². The standard InChI is InChI=1S/C7H2Cl2FIO/c8-5-2-3(10)1-4(6(5)11)7(9)12/h1-2H. The van der Waals surface area contributed by atoms with Crippen LogP contribution in [0.1, 0.15) is 10.4 Å². The molecular formula is C7H2Cl2FIO. The molecule has 0 amide bonds. The molecule has 0 aliphatic heterocycles. The number of rotatable bonds is 1. The second kappa shape index (κ2) is 3.89. The van der Waals surface area contributed by atoms with Crippen molar-refractivity contribution in [2.45, 2.75) is 0 Å². The van der Waals surface area contributed by atoms with Crippen LogP contribution in [0, 0.1) is 9.39 Å². The average molecular weight is 319 g/mol. The quantitative estimate of drug-likeness (QED) is 0.440. The van der Waals surface area contributed by atoms with Crippen LogP contribution in [-0.2, 0) is 0 Å². The van der Waals surface area contributed by atoms with Gasteiger partial charge in [0.25, 0.3) is 5.24 Å². The summed E-state index contributed by atoms with van der Waals surface area (Å²) in [7, 11) is 0. The summed E-state index contributed by atoms with van der Waals surface area (Å²) in [6.45, 7) is 0. The normalized spacial score (nSPS) is 10.0. The maximum Gasteiger partial charge on any atom is 0.253 e. The van der Waals surface area contributed by atoms with Crippen LogP contribution in [0.2, 0.25) is 5.02 Å². The Bertz CT molecular complexity index is 340. The average Bonchev–Trinajstić information content (AvgIpc) is 1.96. The zero-order valence-electron chi connectivity index (χ0n) is 5.57. The van der Waals surface area contributed by atoms with Crippen molar-refractivity contribution in [1.82, 2.24) is 0 Å². The van der Waals surface area contributed by atoms with E-state index in [1.807, 2.05) is 22.6 Å². The Morgan fingerprint density at radius 3 is 2.58 bits per heavy atom. The largest absolute Gasteiger partial charge is 0.276 e. The molecule has 1 rings (SSSR count). The van der Waals surface area contributed by atoms with Crippen molar-refractivity contribution >= 4 is 51.0 Å². The Labute approximate surface area is 92.0 Å². The van der Waals surface area contributed by atoms with Crippen molar-refractivity contribution in [3.05, 3.63) is 32.1 Å². The third-order valence-electron chi connectivity index (χ3n) is 1.20. The fourth-order valence-electron chi connectivity index (χ4n) is 0.699. The number of benzene rings is 1. The highest BCUT2D eigenvalue weighted by molar-refractivity contribution is 14.1. The Balaban J connectivity index is 3.37. The molecule has 5 heteroatoms. The van der Waals surface area contributed by atoms with E-state index in [0.717, 1.165) is 12.1 Å². The van der Waals surface area contributed by atoms with Crippen LogP contribution in [0.4, 0.5) is 4.39 Å².